The molecular formula is C15H15N3S. The van der Waals surface area contributed by atoms with E-state index in [1.807, 2.05) is 18.3 Å². The summed E-state index contributed by atoms with van der Waals surface area (Å²) in [6.07, 6.45) is 4.58. The van der Waals surface area contributed by atoms with Crippen LogP contribution in [0, 0.1) is 4.77 Å². The molecule has 96 valence electrons. The lowest BCUT2D eigenvalue weighted by Crippen LogP contribution is -2.08. The van der Waals surface area contributed by atoms with Crippen LogP contribution in [0.2, 0.25) is 0 Å². The highest BCUT2D eigenvalue weighted by Crippen LogP contribution is 2.21. The Morgan fingerprint density at radius 1 is 1.26 bits per heavy atom. The van der Waals surface area contributed by atoms with Crippen molar-refractivity contribution in [3.63, 3.8) is 0 Å². The zero-order valence-corrected chi connectivity index (χ0v) is 11.5. The Bertz CT molecular complexity index is 743. The molecule has 0 aliphatic carbocycles. The van der Waals surface area contributed by atoms with Gasteiger partial charge < -0.3 is 9.55 Å². The molecule has 1 N–H and O–H groups in total. The molecule has 1 atom stereocenters. The minimum Gasteiger partial charge on any atom is -0.329 e. The molecule has 19 heavy (non-hydrogen) atoms. The number of fused-ring (bicyclic) bond motifs is 1. The summed E-state index contributed by atoms with van der Waals surface area (Å²) >= 11 is 5.43. The number of pyridine rings is 1. The van der Waals surface area contributed by atoms with E-state index >= 15 is 0 Å². The lowest BCUT2D eigenvalue weighted by atomic mass is 10.1. The van der Waals surface area contributed by atoms with Crippen LogP contribution in [0.4, 0.5) is 0 Å². The molecule has 0 aliphatic rings. The number of imidazole rings is 1. The zero-order chi connectivity index (χ0) is 13.2. The maximum atomic E-state index is 5.43. The first kappa shape index (κ1) is 12.1. The standard InChI is InChI=1S/C15H15N3S/c1-11(9-12-5-3-2-4-6-12)18-14-7-8-16-10-13(14)17-15(18)19/h2-8,10-11H,9H2,1H3,(H,17,19). The minimum atomic E-state index is 0.311. The van der Waals surface area contributed by atoms with Crippen LogP contribution in [0.5, 0.6) is 0 Å². The van der Waals surface area contributed by atoms with E-state index < -0.39 is 0 Å². The highest BCUT2D eigenvalue weighted by atomic mass is 32.1. The molecule has 2 aromatic heterocycles. The number of hydrogen-bond donors (Lipinski definition) is 1. The molecular weight excluding hydrogens is 254 g/mol. The van der Waals surface area contributed by atoms with Crippen molar-refractivity contribution in [3.05, 3.63) is 59.1 Å². The van der Waals surface area contributed by atoms with Crippen molar-refractivity contribution < 1.29 is 0 Å². The second-order valence-electron chi connectivity index (χ2n) is 4.73. The first-order valence-electron chi connectivity index (χ1n) is 6.34. The topological polar surface area (TPSA) is 33.6 Å². The fraction of sp³-hybridized carbons (Fsp3) is 0.200. The molecule has 0 saturated carbocycles. The molecule has 0 saturated heterocycles. The summed E-state index contributed by atoms with van der Waals surface area (Å²) < 4.78 is 2.92. The first-order chi connectivity index (χ1) is 9.25. The monoisotopic (exact) mass is 269 g/mol. The van der Waals surface area contributed by atoms with Crippen LogP contribution in [-0.4, -0.2) is 14.5 Å². The molecule has 0 aliphatic heterocycles. The van der Waals surface area contributed by atoms with Crippen LogP contribution in [0.3, 0.4) is 0 Å². The minimum absolute atomic E-state index is 0.311. The smallest absolute Gasteiger partial charge is 0.178 e. The van der Waals surface area contributed by atoms with Gasteiger partial charge in [0.05, 0.1) is 17.2 Å². The van der Waals surface area contributed by atoms with Crippen LogP contribution in [0.1, 0.15) is 18.5 Å². The van der Waals surface area contributed by atoms with Crippen molar-refractivity contribution in [1.29, 1.82) is 0 Å². The summed E-state index contributed by atoms with van der Waals surface area (Å²) in [6.45, 7) is 2.19. The van der Waals surface area contributed by atoms with E-state index in [4.69, 9.17) is 12.2 Å². The van der Waals surface area contributed by atoms with Gasteiger partial charge in [0, 0.05) is 12.2 Å². The van der Waals surface area contributed by atoms with Gasteiger partial charge in [-0.1, -0.05) is 30.3 Å². The van der Waals surface area contributed by atoms with E-state index in [9.17, 15) is 0 Å². The van der Waals surface area contributed by atoms with Crippen molar-refractivity contribution in [3.8, 4) is 0 Å². The molecule has 0 radical (unpaired) electrons. The van der Waals surface area contributed by atoms with Crippen LogP contribution >= 0.6 is 12.2 Å². The van der Waals surface area contributed by atoms with Gasteiger partial charge in [-0.05, 0) is 37.2 Å². The molecule has 3 aromatic rings. The number of benzene rings is 1. The highest BCUT2D eigenvalue weighted by Gasteiger charge is 2.11. The van der Waals surface area contributed by atoms with Gasteiger partial charge in [0.25, 0.3) is 0 Å². The van der Waals surface area contributed by atoms with Crippen LogP contribution < -0.4 is 0 Å². The normalized spacial score (nSPS) is 12.7. The molecule has 0 fully saturated rings. The molecule has 0 amide bonds. The molecule has 4 heteroatoms. The number of aromatic nitrogens is 3. The lowest BCUT2D eigenvalue weighted by molar-refractivity contribution is 0.553. The van der Waals surface area contributed by atoms with Crippen LogP contribution in [0.25, 0.3) is 11.0 Å². The lowest BCUT2D eigenvalue weighted by Gasteiger charge is -2.14. The summed E-state index contributed by atoms with van der Waals surface area (Å²) in [4.78, 5) is 7.33. The number of aromatic amines is 1. The summed E-state index contributed by atoms with van der Waals surface area (Å²) in [6, 6.07) is 12.8. The fourth-order valence-corrected chi connectivity index (χ4v) is 2.85. The number of nitrogens with one attached hydrogen (secondary N) is 1. The Morgan fingerprint density at radius 3 is 2.84 bits per heavy atom. The van der Waals surface area contributed by atoms with E-state index in [0.717, 1.165) is 22.2 Å². The Labute approximate surface area is 116 Å². The third-order valence-corrected chi connectivity index (χ3v) is 3.63. The number of H-pyrrole nitrogens is 1. The third kappa shape index (κ3) is 2.31. The van der Waals surface area contributed by atoms with Gasteiger partial charge in [-0.2, -0.15) is 0 Å². The number of nitrogens with zero attached hydrogens (tertiary/aromatic N) is 2. The van der Waals surface area contributed by atoms with Gasteiger partial charge in [-0.15, -0.1) is 0 Å². The zero-order valence-electron chi connectivity index (χ0n) is 10.7. The van der Waals surface area contributed by atoms with E-state index in [1.54, 1.807) is 6.20 Å². The van der Waals surface area contributed by atoms with Crippen LogP contribution in [-0.2, 0) is 6.42 Å². The number of hydrogen-bond acceptors (Lipinski definition) is 2. The van der Waals surface area contributed by atoms with Gasteiger partial charge in [-0.3, -0.25) is 4.98 Å². The van der Waals surface area contributed by atoms with Gasteiger partial charge in [0.15, 0.2) is 4.77 Å². The van der Waals surface area contributed by atoms with Crippen molar-refractivity contribution in [2.75, 3.05) is 0 Å². The molecule has 3 rings (SSSR count). The van der Waals surface area contributed by atoms with E-state index in [1.165, 1.54) is 5.56 Å². The van der Waals surface area contributed by atoms with E-state index in [0.29, 0.717) is 6.04 Å². The first-order valence-corrected chi connectivity index (χ1v) is 6.74. The second kappa shape index (κ2) is 4.97. The van der Waals surface area contributed by atoms with Crippen molar-refractivity contribution in [1.82, 2.24) is 14.5 Å². The molecule has 1 aromatic carbocycles. The summed E-state index contributed by atoms with van der Waals surface area (Å²) in [5, 5.41) is 0. The maximum Gasteiger partial charge on any atom is 0.178 e. The maximum absolute atomic E-state index is 5.43. The van der Waals surface area contributed by atoms with E-state index in [2.05, 4.69) is 45.7 Å². The summed E-state index contributed by atoms with van der Waals surface area (Å²) in [5.41, 5.74) is 3.43. The highest BCUT2D eigenvalue weighted by molar-refractivity contribution is 7.71. The Morgan fingerprint density at radius 2 is 2.05 bits per heavy atom. The molecule has 0 spiro atoms. The average molecular weight is 269 g/mol. The Kier molecular flexibility index (Phi) is 3.17. The van der Waals surface area contributed by atoms with Crippen molar-refractivity contribution in [2.45, 2.75) is 19.4 Å². The predicted octanol–water partition coefficient (Wildman–Crippen LogP) is 3.90. The summed E-state index contributed by atoms with van der Waals surface area (Å²) in [7, 11) is 0. The van der Waals surface area contributed by atoms with Crippen molar-refractivity contribution >= 4 is 23.3 Å². The van der Waals surface area contributed by atoms with Crippen molar-refractivity contribution in [2.24, 2.45) is 0 Å². The second-order valence-corrected chi connectivity index (χ2v) is 5.12. The molecule has 1 unspecified atom stereocenters. The third-order valence-electron chi connectivity index (χ3n) is 3.33. The molecule has 0 bridgehead atoms. The molecule has 3 nitrogen and oxygen atoms in total. The largest absolute Gasteiger partial charge is 0.329 e. The van der Waals surface area contributed by atoms with Gasteiger partial charge >= 0.3 is 0 Å². The predicted molar refractivity (Wildman–Crippen MR) is 79.8 cm³/mol. The van der Waals surface area contributed by atoms with E-state index in [-0.39, 0.29) is 0 Å². The fourth-order valence-electron chi connectivity index (χ4n) is 2.46. The quantitative estimate of drug-likeness (QED) is 0.732. The summed E-state index contributed by atoms with van der Waals surface area (Å²) in [5.74, 6) is 0. The van der Waals surface area contributed by atoms with Gasteiger partial charge in [0.1, 0.15) is 0 Å². The number of rotatable bonds is 3. The average Bonchev–Trinajstić information content (AvgIpc) is 2.75. The van der Waals surface area contributed by atoms with Crippen LogP contribution in [0.15, 0.2) is 48.8 Å². The Balaban J connectivity index is 2.00. The SMILES string of the molecule is CC(Cc1ccccc1)n1c(=S)[nH]c2cnccc21. The Hall–Kier alpha value is -1.94. The molecule has 2 heterocycles. The van der Waals surface area contributed by atoms with Gasteiger partial charge in [0.2, 0.25) is 0 Å². The van der Waals surface area contributed by atoms with Gasteiger partial charge in [-0.25, -0.2) is 0 Å².